The van der Waals surface area contributed by atoms with Crippen LogP contribution in [0.3, 0.4) is 0 Å². The van der Waals surface area contributed by atoms with Gasteiger partial charge in [-0.25, -0.2) is 9.78 Å². The number of carbonyl (C=O) groups excluding carboxylic acids is 1. The molecule has 8 nitrogen and oxygen atoms in total. The Kier molecular flexibility index (Phi) is 9.16. The van der Waals surface area contributed by atoms with Crippen LogP contribution in [-0.4, -0.2) is 54.2 Å². The number of hydrogen-bond donors (Lipinski definition) is 1. The summed E-state index contributed by atoms with van der Waals surface area (Å²) in [7, 11) is 2.14. The Morgan fingerprint density at radius 3 is 2.45 bits per heavy atom. The predicted molar refractivity (Wildman–Crippen MR) is 171 cm³/mol. The third-order valence-corrected chi connectivity index (χ3v) is 7.84. The third-order valence-electron chi connectivity index (χ3n) is 7.24. The molecule has 1 aromatic heterocycles. The van der Waals surface area contributed by atoms with Gasteiger partial charge in [0.25, 0.3) is 0 Å². The van der Waals surface area contributed by atoms with Crippen LogP contribution in [0, 0.1) is 20.8 Å². The minimum atomic E-state index is -0.595. The third kappa shape index (κ3) is 7.13. The summed E-state index contributed by atoms with van der Waals surface area (Å²) in [5, 5.41) is 4.29. The average molecular weight is 606 g/mol. The zero-order chi connectivity index (χ0) is 29.8. The molecule has 0 saturated carbocycles. The van der Waals surface area contributed by atoms with Crippen LogP contribution < -0.4 is 19.9 Å². The number of hydrogen-bond acceptors (Lipinski definition) is 7. The number of ether oxygens (including phenoxy) is 1. The average Bonchev–Trinajstić information content (AvgIpc) is 2.96. The lowest BCUT2D eigenvalue weighted by Crippen LogP contribution is -2.44. The lowest BCUT2D eigenvalue weighted by molar-refractivity contribution is 0.206. The summed E-state index contributed by atoms with van der Waals surface area (Å²) in [4.78, 5) is 29.0. The molecule has 0 unspecified atom stereocenters. The number of piperazine rings is 1. The van der Waals surface area contributed by atoms with E-state index in [0.29, 0.717) is 33.1 Å². The molecule has 218 valence electrons. The first-order chi connectivity index (χ1) is 20.2. The smallest absolute Gasteiger partial charge is 0.409 e. The highest BCUT2D eigenvalue weighted by molar-refractivity contribution is 6.33. The molecule has 0 radical (unpaired) electrons. The minimum absolute atomic E-state index is 0.0948. The molecule has 42 heavy (non-hydrogen) atoms. The lowest BCUT2D eigenvalue weighted by atomic mass is 10.1. The molecule has 1 fully saturated rings. The summed E-state index contributed by atoms with van der Waals surface area (Å²) in [6.45, 7) is 9.92. The monoisotopic (exact) mass is 604 g/mol. The summed E-state index contributed by atoms with van der Waals surface area (Å²) in [5.74, 6) is 1.22. The van der Waals surface area contributed by atoms with Crippen LogP contribution in [0.15, 0.2) is 66.9 Å². The van der Waals surface area contributed by atoms with E-state index in [1.54, 1.807) is 30.5 Å². The molecular formula is C32H34Cl2N6O2. The van der Waals surface area contributed by atoms with E-state index in [1.165, 1.54) is 4.90 Å². The van der Waals surface area contributed by atoms with Crippen molar-refractivity contribution in [3.63, 3.8) is 0 Å². The van der Waals surface area contributed by atoms with Crippen LogP contribution in [-0.2, 0) is 6.54 Å². The van der Waals surface area contributed by atoms with Crippen molar-refractivity contribution < 1.29 is 9.53 Å². The molecule has 1 aliphatic heterocycles. The molecule has 1 amide bonds. The largest absolute Gasteiger partial charge is 0.421 e. The summed E-state index contributed by atoms with van der Waals surface area (Å²) in [6.07, 6.45) is 1.01. The van der Waals surface area contributed by atoms with E-state index in [0.717, 1.165) is 54.2 Å². The Hall–Kier alpha value is -3.85. The van der Waals surface area contributed by atoms with Gasteiger partial charge in [0.05, 0.1) is 6.54 Å². The first kappa shape index (κ1) is 29.6. The molecule has 10 heteroatoms. The second-order valence-electron chi connectivity index (χ2n) is 10.6. The minimum Gasteiger partial charge on any atom is -0.409 e. The molecule has 0 aliphatic carbocycles. The summed E-state index contributed by atoms with van der Waals surface area (Å²) in [6, 6.07) is 18.9. The standard InChI is InChI=1S/C32H34Cl2N6O2/c1-21-16-22(2)30(23(3)17-21)42-32(41)40(20-24-18-25(33)8-9-28(24)34)29-10-11-35-31(37-29)36-26-6-5-7-27(19-26)39-14-12-38(4)13-15-39/h5-11,16-19H,12-15,20H2,1-4H3,(H,35,36,37). The van der Waals surface area contributed by atoms with Crippen molar-refractivity contribution in [1.82, 2.24) is 14.9 Å². The molecule has 4 aromatic rings. The number of nitrogens with one attached hydrogen (secondary N) is 1. The topological polar surface area (TPSA) is 73.8 Å². The van der Waals surface area contributed by atoms with Crippen molar-refractivity contribution in [3.8, 4) is 5.75 Å². The number of amides is 1. The maximum absolute atomic E-state index is 13.8. The van der Waals surface area contributed by atoms with Crippen LogP contribution in [0.1, 0.15) is 22.3 Å². The number of rotatable bonds is 7. The van der Waals surface area contributed by atoms with E-state index in [9.17, 15) is 4.79 Å². The highest BCUT2D eigenvalue weighted by Crippen LogP contribution is 2.29. The number of aromatic nitrogens is 2. The second kappa shape index (κ2) is 13.0. The molecule has 1 aliphatic rings. The summed E-state index contributed by atoms with van der Waals surface area (Å²) >= 11 is 12.8. The van der Waals surface area contributed by atoms with Gasteiger partial charge in [-0.05, 0) is 87.0 Å². The Bertz CT molecular complexity index is 1570. The van der Waals surface area contributed by atoms with Crippen molar-refractivity contribution >= 4 is 52.4 Å². The zero-order valence-corrected chi connectivity index (χ0v) is 25.7. The van der Waals surface area contributed by atoms with Crippen molar-refractivity contribution in [2.24, 2.45) is 0 Å². The van der Waals surface area contributed by atoms with Crippen LogP contribution in [0.5, 0.6) is 5.75 Å². The van der Waals surface area contributed by atoms with Gasteiger partial charge in [-0.2, -0.15) is 4.98 Å². The predicted octanol–water partition coefficient (Wildman–Crippen LogP) is 7.41. The number of nitrogens with zero attached hydrogens (tertiary/aromatic N) is 5. The SMILES string of the molecule is Cc1cc(C)c(OC(=O)N(Cc2cc(Cl)ccc2Cl)c2ccnc(Nc3cccc(N4CCN(C)CC4)c3)n2)c(C)c1. The Morgan fingerprint density at radius 1 is 0.976 bits per heavy atom. The number of benzene rings is 3. The molecular weight excluding hydrogens is 571 g/mol. The quantitative estimate of drug-likeness (QED) is 0.235. The summed E-state index contributed by atoms with van der Waals surface area (Å²) < 4.78 is 5.96. The van der Waals surface area contributed by atoms with Crippen molar-refractivity contribution in [3.05, 3.63) is 99.2 Å². The van der Waals surface area contributed by atoms with Gasteiger partial charge in [-0.3, -0.25) is 4.90 Å². The van der Waals surface area contributed by atoms with Gasteiger partial charge in [0.1, 0.15) is 11.6 Å². The number of likely N-dealkylation sites (N-methyl/N-ethyl adjacent to an activating group) is 1. The summed E-state index contributed by atoms with van der Waals surface area (Å²) in [5.41, 5.74) is 5.47. The van der Waals surface area contributed by atoms with Crippen LogP contribution in [0.25, 0.3) is 0 Å². The van der Waals surface area contributed by atoms with Gasteiger partial charge < -0.3 is 19.9 Å². The number of anilines is 4. The maximum atomic E-state index is 13.8. The Balaban J connectivity index is 1.43. The van der Waals surface area contributed by atoms with E-state index >= 15 is 0 Å². The normalized spacial score (nSPS) is 13.6. The van der Waals surface area contributed by atoms with Gasteiger partial charge in [-0.15, -0.1) is 0 Å². The molecule has 0 bridgehead atoms. The molecule has 2 heterocycles. The molecule has 0 atom stereocenters. The number of carbonyl (C=O) groups is 1. The Morgan fingerprint density at radius 2 is 1.71 bits per heavy atom. The van der Waals surface area contributed by atoms with E-state index < -0.39 is 6.09 Å². The molecule has 3 aromatic carbocycles. The maximum Gasteiger partial charge on any atom is 0.421 e. The van der Waals surface area contributed by atoms with Gasteiger partial charge in [0, 0.05) is 53.8 Å². The van der Waals surface area contributed by atoms with Crippen LogP contribution in [0.4, 0.5) is 27.9 Å². The second-order valence-corrected chi connectivity index (χ2v) is 11.5. The lowest BCUT2D eigenvalue weighted by Gasteiger charge is -2.34. The number of aryl methyl sites for hydroxylation is 3. The molecule has 0 spiro atoms. The van der Waals surface area contributed by atoms with Gasteiger partial charge in [0.15, 0.2) is 0 Å². The van der Waals surface area contributed by atoms with Gasteiger partial charge in [-0.1, -0.05) is 47.0 Å². The van der Waals surface area contributed by atoms with Gasteiger partial charge in [0.2, 0.25) is 5.95 Å². The number of halogens is 2. The van der Waals surface area contributed by atoms with E-state index in [4.69, 9.17) is 32.9 Å². The van der Waals surface area contributed by atoms with Crippen LogP contribution >= 0.6 is 23.2 Å². The molecule has 5 rings (SSSR count). The fourth-order valence-electron chi connectivity index (χ4n) is 5.08. The highest BCUT2D eigenvalue weighted by Gasteiger charge is 2.24. The van der Waals surface area contributed by atoms with E-state index in [-0.39, 0.29) is 6.54 Å². The zero-order valence-electron chi connectivity index (χ0n) is 24.2. The molecule has 1 N–H and O–H groups in total. The Labute approximate surface area is 256 Å². The highest BCUT2D eigenvalue weighted by atomic mass is 35.5. The van der Waals surface area contributed by atoms with Crippen molar-refractivity contribution in [2.75, 3.05) is 48.3 Å². The van der Waals surface area contributed by atoms with Gasteiger partial charge >= 0.3 is 6.09 Å². The fourth-order valence-corrected chi connectivity index (χ4v) is 5.45. The fraction of sp³-hybridized carbons (Fsp3) is 0.281. The molecule has 1 saturated heterocycles. The first-order valence-corrected chi connectivity index (χ1v) is 14.6. The van der Waals surface area contributed by atoms with Crippen LogP contribution in [0.2, 0.25) is 10.0 Å². The van der Waals surface area contributed by atoms with E-state index in [2.05, 4.69) is 39.3 Å². The van der Waals surface area contributed by atoms with E-state index in [1.807, 2.05) is 45.0 Å². The van der Waals surface area contributed by atoms with Crippen molar-refractivity contribution in [2.45, 2.75) is 27.3 Å². The van der Waals surface area contributed by atoms with Crippen molar-refractivity contribution in [1.29, 1.82) is 0 Å². The first-order valence-electron chi connectivity index (χ1n) is 13.8.